The normalized spacial score (nSPS) is 18.2. The molecule has 0 saturated carbocycles. The van der Waals surface area contributed by atoms with Gasteiger partial charge in [-0.1, -0.05) is 28.1 Å². The largest absolute Gasteiger partial charge is 0.469 e. The van der Waals surface area contributed by atoms with E-state index in [9.17, 15) is 19.2 Å². The van der Waals surface area contributed by atoms with Gasteiger partial charge in [-0.3, -0.25) is 19.4 Å². The van der Waals surface area contributed by atoms with E-state index >= 15 is 0 Å². The quantitative estimate of drug-likeness (QED) is 0.125. The molecule has 5 heterocycles. The van der Waals surface area contributed by atoms with Crippen LogP contribution in [0.15, 0.2) is 42.0 Å². The van der Waals surface area contributed by atoms with Gasteiger partial charge in [0.1, 0.15) is 5.92 Å². The van der Waals surface area contributed by atoms with Crippen molar-refractivity contribution in [2.24, 2.45) is 5.92 Å². The number of allylic oxidation sites excluding steroid dienone is 5. The Morgan fingerprint density at radius 3 is 2.02 bits per heavy atom. The van der Waals surface area contributed by atoms with Crippen LogP contribution in [-0.4, -0.2) is 72.3 Å². The van der Waals surface area contributed by atoms with Crippen molar-refractivity contribution in [3.63, 3.8) is 0 Å². The second-order valence-electron chi connectivity index (χ2n) is 14.1. The van der Waals surface area contributed by atoms with E-state index in [2.05, 4.69) is 25.9 Å². The minimum atomic E-state index is -1.14. The van der Waals surface area contributed by atoms with Crippen molar-refractivity contribution < 1.29 is 38.1 Å². The van der Waals surface area contributed by atoms with E-state index in [1.54, 1.807) is 6.08 Å². The SMILES string of the molecule is COC(=O)CCC1=C(C)c2cc3[nH]c(cc4nc(cc5[nH]c(cc1n2)c(CCC(=O)OC)c5C)C1=CC=C(C(=O)OC)[C@@H](C(=O)OC)[C@]14C)c(C(C)Br)c3C. The fourth-order valence-electron chi connectivity index (χ4n) is 8.03. The molecular weight excluding hydrogens is 768 g/mol. The number of aryl methyl sites for hydroxylation is 3. The molecule has 0 saturated heterocycles. The molecule has 6 rings (SSSR count). The number of hydrogen-bond acceptors (Lipinski definition) is 10. The molecule has 3 aliphatic rings. The Morgan fingerprint density at radius 1 is 0.764 bits per heavy atom. The molecule has 0 amide bonds. The Balaban J connectivity index is 1.77. The zero-order valence-electron chi connectivity index (χ0n) is 32.5. The summed E-state index contributed by atoms with van der Waals surface area (Å²) in [5.41, 5.74) is 10.9. The van der Waals surface area contributed by atoms with Gasteiger partial charge in [-0.2, -0.15) is 0 Å². The summed E-state index contributed by atoms with van der Waals surface area (Å²) < 4.78 is 20.5. The molecule has 0 spiro atoms. The number of carbonyl (C=O) groups is 4. The molecule has 0 aromatic carbocycles. The van der Waals surface area contributed by atoms with Gasteiger partial charge in [0.05, 0.1) is 62.2 Å². The van der Waals surface area contributed by atoms with Crippen LogP contribution in [0, 0.1) is 19.8 Å². The number of halogens is 1. The lowest BCUT2D eigenvalue weighted by atomic mass is 9.64. The van der Waals surface area contributed by atoms with Crippen molar-refractivity contribution in [1.82, 2.24) is 19.9 Å². The van der Waals surface area contributed by atoms with Crippen LogP contribution in [-0.2, 0) is 50.0 Å². The number of rotatable bonds is 9. The summed E-state index contributed by atoms with van der Waals surface area (Å²) >= 11 is 3.81. The summed E-state index contributed by atoms with van der Waals surface area (Å²) in [5, 5.41) is 0. The zero-order chi connectivity index (χ0) is 39.9. The molecule has 1 unspecified atom stereocenters. The molecule has 2 N–H and O–H groups in total. The summed E-state index contributed by atoms with van der Waals surface area (Å²) in [6.45, 7) is 9.94. The topological polar surface area (TPSA) is 163 Å². The van der Waals surface area contributed by atoms with Crippen molar-refractivity contribution in [3.05, 3.63) is 87.0 Å². The van der Waals surface area contributed by atoms with E-state index in [0.29, 0.717) is 35.5 Å². The molecule has 55 heavy (non-hydrogen) atoms. The summed E-state index contributed by atoms with van der Waals surface area (Å²) in [6, 6.07) is 7.83. The number of H-pyrrole nitrogens is 2. The number of esters is 4. The van der Waals surface area contributed by atoms with E-state index in [1.165, 1.54) is 28.4 Å². The molecule has 8 bridgehead atoms. The standard InChI is InChI=1S/C42H45BrN4O8/c1-20-24(11-14-36(48)52-6)31-18-32-25(12-15-37(49)53-7)21(2)29(45-32)17-33-27-13-10-26(40(50)54-8)39(41(51)55-9)42(27,5)35(47-33)19-34-38(23(4)43)22(3)30(46-34)16-28(20)44-31/h10,13,16-19,23,39,45-46H,11-12,14-15H2,1-9H3/t23?,39-,42+/m0/s1. The molecule has 3 aromatic heterocycles. The van der Waals surface area contributed by atoms with Gasteiger partial charge in [0.25, 0.3) is 0 Å². The number of nitrogens with one attached hydrogen (secondary N) is 2. The first-order valence-electron chi connectivity index (χ1n) is 18.0. The van der Waals surface area contributed by atoms with Crippen LogP contribution in [0.1, 0.15) is 89.9 Å². The van der Waals surface area contributed by atoms with Crippen molar-refractivity contribution in [2.75, 3.05) is 28.4 Å². The summed E-state index contributed by atoms with van der Waals surface area (Å²) in [7, 11) is 5.32. The van der Waals surface area contributed by atoms with Crippen LogP contribution in [0.4, 0.5) is 0 Å². The fourth-order valence-corrected chi connectivity index (χ4v) is 8.62. The number of carbonyl (C=O) groups excluding carboxylic acids is 4. The molecule has 2 aliphatic heterocycles. The first-order valence-corrected chi connectivity index (χ1v) is 18.9. The predicted octanol–water partition coefficient (Wildman–Crippen LogP) is 7.62. The van der Waals surface area contributed by atoms with Crippen LogP contribution in [0.25, 0.3) is 38.8 Å². The summed E-state index contributed by atoms with van der Waals surface area (Å²) in [4.78, 5) is 69.1. The number of ether oxygens (including phenoxy) is 4. The van der Waals surface area contributed by atoms with Crippen LogP contribution < -0.4 is 0 Å². The van der Waals surface area contributed by atoms with Gasteiger partial charge in [-0.25, -0.2) is 9.78 Å². The predicted molar refractivity (Wildman–Crippen MR) is 213 cm³/mol. The third-order valence-corrected chi connectivity index (χ3v) is 11.6. The lowest BCUT2D eigenvalue weighted by Crippen LogP contribution is -2.42. The monoisotopic (exact) mass is 812 g/mol. The van der Waals surface area contributed by atoms with Gasteiger partial charge in [0.2, 0.25) is 0 Å². The van der Waals surface area contributed by atoms with Gasteiger partial charge in [-0.15, -0.1) is 0 Å². The van der Waals surface area contributed by atoms with Gasteiger partial charge in [0.15, 0.2) is 0 Å². The van der Waals surface area contributed by atoms with Gasteiger partial charge < -0.3 is 28.9 Å². The molecule has 3 aromatic rings. The van der Waals surface area contributed by atoms with Crippen LogP contribution >= 0.6 is 15.9 Å². The van der Waals surface area contributed by atoms with E-state index in [4.69, 9.17) is 28.9 Å². The zero-order valence-corrected chi connectivity index (χ0v) is 34.1. The number of methoxy groups -OCH3 is 4. The van der Waals surface area contributed by atoms with Gasteiger partial charge in [0, 0.05) is 39.7 Å². The number of alkyl halides is 1. The minimum absolute atomic E-state index is 0.0799. The Bertz CT molecular complexity index is 2400. The van der Waals surface area contributed by atoms with E-state index in [1.807, 2.05) is 65.0 Å². The van der Waals surface area contributed by atoms with Crippen LogP contribution in [0.5, 0.6) is 0 Å². The lowest BCUT2D eigenvalue weighted by Gasteiger charge is -2.36. The minimum Gasteiger partial charge on any atom is -0.469 e. The fraction of sp³-hybridized carbons (Fsp3) is 0.381. The molecule has 288 valence electrons. The highest BCUT2D eigenvalue weighted by molar-refractivity contribution is 9.09. The molecule has 0 fully saturated rings. The van der Waals surface area contributed by atoms with E-state index < -0.39 is 23.3 Å². The second kappa shape index (κ2) is 15.4. The third-order valence-electron chi connectivity index (χ3n) is 11.1. The summed E-state index contributed by atoms with van der Waals surface area (Å²) in [6.07, 6.45) is 4.56. The average Bonchev–Trinajstić information content (AvgIpc) is 3.82. The second-order valence-corrected chi connectivity index (χ2v) is 15.5. The third kappa shape index (κ3) is 6.94. The molecule has 12 nitrogen and oxygen atoms in total. The maximum Gasteiger partial charge on any atom is 0.334 e. The number of aromatic nitrogens is 4. The van der Waals surface area contributed by atoms with E-state index in [-0.39, 0.29) is 35.2 Å². The van der Waals surface area contributed by atoms with Crippen molar-refractivity contribution in [1.29, 1.82) is 0 Å². The number of aromatic amines is 2. The van der Waals surface area contributed by atoms with Crippen molar-refractivity contribution >= 4 is 78.6 Å². The molecule has 1 aliphatic carbocycles. The Morgan fingerprint density at radius 2 is 1.38 bits per heavy atom. The summed E-state index contributed by atoms with van der Waals surface area (Å²) in [5.74, 6) is -2.97. The number of fused-ring (bicyclic) bond motifs is 11. The first kappa shape index (κ1) is 39.4. The molecular formula is C42H45BrN4O8. The molecule has 0 radical (unpaired) electrons. The van der Waals surface area contributed by atoms with Gasteiger partial charge in [-0.05, 0) is 111 Å². The first-order chi connectivity index (χ1) is 26.2. The smallest absolute Gasteiger partial charge is 0.334 e. The Labute approximate surface area is 327 Å². The number of nitrogens with zero attached hydrogens (tertiary/aromatic N) is 2. The average molecular weight is 814 g/mol. The van der Waals surface area contributed by atoms with Crippen LogP contribution in [0.3, 0.4) is 0 Å². The van der Waals surface area contributed by atoms with Gasteiger partial charge >= 0.3 is 23.9 Å². The maximum atomic E-state index is 13.8. The van der Waals surface area contributed by atoms with Crippen molar-refractivity contribution in [3.8, 4) is 0 Å². The lowest BCUT2D eigenvalue weighted by molar-refractivity contribution is -0.149. The Kier molecular flexibility index (Phi) is 11.1. The maximum absolute atomic E-state index is 13.8. The Hall–Kier alpha value is -5.30. The molecule has 3 atom stereocenters. The number of hydrogen-bond donors (Lipinski definition) is 2. The highest BCUT2D eigenvalue weighted by atomic mass is 79.9. The van der Waals surface area contributed by atoms with E-state index in [0.717, 1.165) is 61.2 Å². The molecule has 13 heteroatoms. The highest BCUT2D eigenvalue weighted by Gasteiger charge is 2.53. The van der Waals surface area contributed by atoms with Crippen LogP contribution in [0.2, 0.25) is 0 Å². The highest BCUT2D eigenvalue weighted by Crippen LogP contribution is 2.52. The van der Waals surface area contributed by atoms with Crippen molar-refractivity contribution in [2.45, 2.75) is 70.5 Å².